The highest BCUT2D eigenvalue weighted by molar-refractivity contribution is 6.40. The second-order valence-electron chi connectivity index (χ2n) is 7.90. The first kappa shape index (κ1) is 27.5. The summed E-state index contributed by atoms with van der Waals surface area (Å²) in [7, 11) is 1.96. The van der Waals surface area contributed by atoms with Gasteiger partial charge >= 0.3 is 5.91 Å². The molecule has 1 heterocycles. The number of nitrogens with zero attached hydrogens (tertiary/aromatic N) is 2. The highest BCUT2D eigenvalue weighted by Gasteiger charge is 2.40. The third-order valence-electron chi connectivity index (χ3n) is 5.47. The second kappa shape index (κ2) is 13.2. The summed E-state index contributed by atoms with van der Waals surface area (Å²) in [6.07, 6.45) is 3.35. The molecule has 3 atom stereocenters. The number of hydrogen-bond acceptors (Lipinski definition) is 3. The van der Waals surface area contributed by atoms with Crippen molar-refractivity contribution in [1.29, 1.82) is 0 Å². The van der Waals surface area contributed by atoms with E-state index in [2.05, 4.69) is 12.3 Å². The molecule has 8 heteroatoms. The van der Waals surface area contributed by atoms with Gasteiger partial charge < -0.3 is 0 Å². The summed E-state index contributed by atoms with van der Waals surface area (Å²) in [6, 6.07) is 12.7. The maximum atomic E-state index is 13.1. The van der Waals surface area contributed by atoms with Crippen molar-refractivity contribution in [2.45, 2.75) is 53.0 Å². The molecule has 2 aromatic rings. The Kier molecular flexibility index (Phi) is 11.0. The van der Waals surface area contributed by atoms with Crippen LogP contribution in [0.4, 0.5) is 5.69 Å². The molecule has 1 aliphatic heterocycles. The highest BCUT2D eigenvalue weighted by Crippen LogP contribution is 2.42. The van der Waals surface area contributed by atoms with Gasteiger partial charge in [0.25, 0.3) is 0 Å². The van der Waals surface area contributed by atoms with Gasteiger partial charge in [-0.05, 0) is 48.7 Å². The van der Waals surface area contributed by atoms with Crippen molar-refractivity contribution in [2.24, 2.45) is 11.0 Å². The van der Waals surface area contributed by atoms with Crippen molar-refractivity contribution in [3.05, 3.63) is 63.1 Å². The van der Waals surface area contributed by atoms with Crippen LogP contribution in [0, 0.1) is 5.92 Å². The van der Waals surface area contributed by atoms with Gasteiger partial charge in [0.1, 0.15) is 5.71 Å². The molecule has 1 amide bonds. The lowest BCUT2D eigenvalue weighted by molar-refractivity contribution is -0.916. The Morgan fingerprint density at radius 3 is 2.30 bits per heavy atom. The first-order chi connectivity index (χ1) is 15.8. The van der Waals surface area contributed by atoms with Gasteiger partial charge in [0.2, 0.25) is 0 Å². The lowest BCUT2D eigenvalue weighted by atomic mass is 9.91. The van der Waals surface area contributed by atoms with E-state index in [0.29, 0.717) is 26.5 Å². The number of rotatable bonds is 8. The molecule has 3 rings (SSSR count). The number of hydrazone groups is 1. The van der Waals surface area contributed by atoms with Crippen LogP contribution in [0.5, 0.6) is 0 Å². The van der Waals surface area contributed by atoms with E-state index in [-0.39, 0.29) is 17.9 Å². The third-order valence-corrected chi connectivity index (χ3v) is 6.26. The van der Waals surface area contributed by atoms with Crippen molar-refractivity contribution < 1.29 is 9.80 Å². The fourth-order valence-corrected chi connectivity index (χ4v) is 4.43. The van der Waals surface area contributed by atoms with Crippen LogP contribution in [-0.2, 0) is 4.79 Å². The molecule has 0 aromatic heterocycles. The molecule has 2 aromatic carbocycles. The smallest absolute Gasteiger partial charge is 0.263 e. The van der Waals surface area contributed by atoms with E-state index in [4.69, 9.17) is 39.9 Å². The molecule has 0 saturated carbocycles. The topological polar surface area (TPSA) is 49.1 Å². The number of amides is 1. The number of hydrogen-bond donors (Lipinski definition) is 2. The molecule has 0 radical (unpaired) electrons. The molecule has 33 heavy (non-hydrogen) atoms. The van der Waals surface area contributed by atoms with Gasteiger partial charge in [0.05, 0.1) is 30.3 Å². The van der Waals surface area contributed by atoms with E-state index >= 15 is 0 Å². The summed E-state index contributed by atoms with van der Waals surface area (Å²) in [6.45, 7) is 9.04. The van der Waals surface area contributed by atoms with Crippen LogP contribution in [0.1, 0.15) is 58.6 Å². The standard InChI is InChI=1S/C23H27Cl3N4O.C2H6/c1-4-5-6-13-29(3)28-23(31)21-15(2)22(16-7-9-17(24)10-8-16)30(27-21)20-12-11-18(25)14-19(20)26;1-2/h7-12,14-15,22H,4-6,13H2,1-3H3,(H,28,31);1-2H3/p+1. The summed E-state index contributed by atoms with van der Waals surface area (Å²) < 4.78 is 0. The number of anilines is 1. The summed E-state index contributed by atoms with van der Waals surface area (Å²) in [5.41, 5.74) is 5.20. The molecule has 0 spiro atoms. The molecule has 2 N–H and O–H groups in total. The molecule has 0 aliphatic carbocycles. The number of nitrogens with one attached hydrogen (secondary N) is 2. The maximum absolute atomic E-state index is 13.1. The average molecular weight is 513 g/mol. The van der Waals surface area contributed by atoms with Crippen LogP contribution in [0.3, 0.4) is 0 Å². The van der Waals surface area contributed by atoms with E-state index in [1.807, 2.05) is 63.2 Å². The minimum Gasteiger partial charge on any atom is -0.263 e. The Labute approximate surface area is 212 Å². The van der Waals surface area contributed by atoms with Crippen molar-refractivity contribution >= 4 is 52.1 Å². The lowest BCUT2D eigenvalue weighted by Crippen LogP contribution is -3.16. The van der Waals surface area contributed by atoms with Crippen LogP contribution in [0.2, 0.25) is 15.1 Å². The fourth-order valence-electron chi connectivity index (χ4n) is 3.80. The van der Waals surface area contributed by atoms with Crippen LogP contribution in [-0.4, -0.2) is 25.2 Å². The van der Waals surface area contributed by atoms with E-state index in [1.165, 1.54) is 0 Å². The van der Waals surface area contributed by atoms with Gasteiger partial charge in [0.15, 0.2) is 0 Å². The molecular weight excluding hydrogens is 479 g/mol. The summed E-state index contributed by atoms with van der Waals surface area (Å²) in [5.74, 6) is -0.329. The SMILES string of the molecule is CC.CCCCC[NH+](C)NC(=O)C1=NN(c2ccc(Cl)cc2Cl)C(c2ccc(Cl)cc2)C1C. The maximum Gasteiger partial charge on any atom is 0.312 e. The van der Waals surface area contributed by atoms with Gasteiger partial charge in [-0.2, -0.15) is 10.5 Å². The Hall–Kier alpha value is -1.79. The van der Waals surface area contributed by atoms with Crippen LogP contribution in [0.15, 0.2) is 47.6 Å². The monoisotopic (exact) mass is 511 g/mol. The fraction of sp³-hybridized carbons (Fsp3) is 0.440. The largest absolute Gasteiger partial charge is 0.312 e. The normalized spacial score (nSPS) is 18.3. The number of halogens is 3. The average Bonchev–Trinajstić information content (AvgIpc) is 3.13. The minimum atomic E-state index is -0.197. The predicted molar refractivity (Wildman–Crippen MR) is 141 cm³/mol. The highest BCUT2D eigenvalue weighted by atomic mass is 35.5. The first-order valence-electron chi connectivity index (χ1n) is 11.5. The van der Waals surface area contributed by atoms with Gasteiger partial charge in [-0.25, -0.2) is 5.01 Å². The van der Waals surface area contributed by atoms with E-state index in [1.54, 1.807) is 12.1 Å². The van der Waals surface area contributed by atoms with Gasteiger partial charge in [-0.15, -0.1) is 0 Å². The summed E-state index contributed by atoms with van der Waals surface area (Å²) >= 11 is 18.7. The molecule has 3 unspecified atom stereocenters. The molecule has 0 bridgehead atoms. The van der Waals surface area contributed by atoms with Crippen molar-refractivity contribution in [2.75, 3.05) is 18.6 Å². The number of benzene rings is 2. The van der Waals surface area contributed by atoms with Crippen molar-refractivity contribution in [3.8, 4) is 0 Å². The Bertz CT molecular complexity index is 949. The third kappa shape index (κ3) is 7.10. The van der Waals surface area contributed by atoms with Crippen LogP contribution in [0.25, 0.3) is 0 Å². The first-order valence-corrected chi connectivity index (χ1v) is 12.7. The van der Waals surface area contributed by atoms with Gasteiger partial charge in [0, 0.05) is 16.0 Å². The van der Waals surface area contributed by atoms with Gasteiger partial charge in [-0.1, -0.05) is 81.1 Å². The van der Waals surface area contributed by atoms with Crippen LogP contribution < -0.4 is 15.4 Å². The molecule has 0 saturated heterocycles. The second-order valence-corrected chi connectivity index (χ2v) is 9.18. The summed E-state index contributed by atoms with van der Waals surface area (Å²) in [4.78, 5) is 13.1. The van der Waals surface area contributed by atoms with Gasteiger partial charge in [-0.3, -0.25) is 9.80 Å². The number of quaternary nitrogens is 1. The molecule has 1 aliphatic rings. The molecular formula is C25H34Cl3N4O+. The van der Waals surface area contributed by atoms with E-state index in [0.717, 1.165) is 36.4 Å². The quantitative estimate of drug-likeness (QED) is 0.338. The Morgan fingerprint density at radius 2 is 1.70 bits per heavy atom. The molecule has 5 nitrogen and oxygen atoms in total. The Balaban J connectivity index is 0.00000187. The van der Waals surface area contributed by atoms with E-state index in [9.17, 15) is 4.79 Å². The van der Waals surface area contributed by atoms with Crippen molar-refractivity contribution in [3.63, 3.8) is 0 Å². The number of unbranched alkanes of at least 4 members (excludes halogenated alkanes) is 2. The molecule has 0 fully saturated rings. The zero-order valence-corrected chi connectivity index (χ0v) is 22.2. The zero-order chi connectivity index (χ0) is 24.5. The molecule has 180 valence electrons. The summed E-state index contributed by atoms with van der Waals surface area (Å²) in [5, 5.41) is 9.17. The minimum absolute atomic E-state index is 0.156. The lowest BCUT2D eigenvalue weighted by Gasteiger charge is -2.27. The Morgan fingerprint density at radius 1 is 1.06 bits per heavy atom. The zero-order valence-electron chi connectivity index (χ0n) is 20.0. The van der Waals surface area contributed by atoms with E-state index < -0.39 is 0 Å². The number of carbonyl (C=O) groups is 1. The number of carbonyl (C=O) groups excluding carboxylic acids is 1. The van der Waals surface area contributed by atoms with Crippen LogP contribution >= 0.6 is 34.8 Å². The predicted octanol–water partition coefficient (Wildman–Crippen LogP) is 5.96. The van der Waals surface area contributed by atoms with Crippen molar-refractivity contribution in [1.82, 2.24) is 5.43 Å².